The Balaban J connectivity index is 1.23. The smallest absolute Gasteiger partial charge is 0.254 e. The lowest BCUT2D eigenvalue weighted by atomic mass is 9.85. The van der Waals surface area contributed by atoms with E-state index in [1.165, 1.54) is 43.4 Å². The first-order valence-corrected chi connectivity index (χ1v) is 13.1. The van der Waals surface area contributed by atoms with Crippen LogP contribution in [0, 0.1) is 23.7 Å². The summed E-state index contributed by atoms with van der Waals surface area (Å²) in [5.41, 5.74) is 1.29. The fourth-order valence-electron chi connectivity index (χ4n) is 7.41. The summed E-state index contributed by atoms with van der Waals surface area (Å²) in [6.07, 6.45) is 17.0. The van der Waals surface area contributed by atoms with Gasteiger partial charge in [0.05, 0.1) is 17.5 Å². The Morgan fingerprint density at radius 3 is 1.70 bits per heavy atom. The van der Waals surface area contributed by atoms with Crippen molar-refractivity contribution in [1.29, 1.82) is 0 Å². The molecule has 1 heterocycles. The molecule has 6 rings (SSSR count). The number of nitrogens with zero attached hydrogens (tertiary/aromatic N) is 2. The second kappa shape index (κ2) is 8.41. The fraction of sp³-hybridized carbons (Fsp3) is 0.607. The van der Waals surface area contributed by atoms with Crippen LogP contribution in [0.4, 0.5) is 5.69 Å². The van der Waals surface area contributed by atoms with E-state index in [4.69, 9.17) is 0 Å². The van der Waals surface area contributed by atoms with Crippen molar-refractivity contribution in [2.45, 2.75) is 82.7 Å². The zero-order chi connectivity index (χ0) is 22.5. The maximum Gasteiger partial charge on any atom is 0.254 e. The van der Waals surface area contributed by atoms with E-state index < -0.39 is 0 Å². The van der Waals surface area contributed by atoms with Gasteiger partial charge in [-0.3, -0.25) is 19.3 Å². The molecule has 1 aromatic carbocycles. The molecule has 4 aliphatic carbocycles. The highest BCUT2D eigenvalue weighted by atomic mass is 16.2. The molecule has 5 aliphatic rings. The molecule has 0 N–H and O–H groups in total. The summed E-state index contributed by atoms with van der Waals surface area (Å²) in [6, 6.07) is 7.96. The average Bonchev–Trinajstić information content (AvgIpc) is 3.54. The number of anilines is 1. The van der Waals surface area contributed by atoms with Crippen molar-refractivity contribution in [2.24, 2.45) is 23.7 Å². The second-order valence-corrected chi connectivity index (χ2v) is 10.9. The lowest BCUT2D eigenvalue weighted by molar-refractivity contribution is -0.123. The van der Waals surface area contributed by atoms with Gasteiger partial charge < -0.3 is 4.90 Å². The number of allylic oxidation sites excluding steroid dienone is 2. The SMILES string of the molecule is O=C1[C@@H]2[C@@H](C(=O)N1c1ccc(C(=O)N(C3CCCCC3)C3CCCCC3)cc1)[C@H]1C=C[C@H]2C1. The first-order valence-electron chi connectivity index (χ1n) is 13.1. The van der Waals surface area contributed by atoms with Crippen molar-refractivity contribution in [2.75, 3.05) is 4.90 Å². The largest absolute Gasteiger partial charge is 0.333 e. The van der Waals surface area contributed by atoms with Crippen LogP contribution in [0.25, 0.3) is 0 Å². The first kappa shape index (κ1) is 21.1. The number of carbonyl (C=O) groups is 3. The fourth-order valence-corrected chi connectivity index (χ4v) is 7.41. The van der Waals surface area contributed by atoms with Crippen molar-refractivity contribution in [1.82, 2.24) is 4.90 Å². The lowest BCUT2D eigenvalue weighted by Crippen LogP contribution is -2.48. The van der Waals surface area contributed by atoms with Crippen LogP contribution in [0.1, 0.15) is 81.0 Å². The van der Waals surface area contributed by atoms with E-state index in [0.29, 0.717) is 23.3 Å². The van der Waals surface area contributed by atoms with Crippen molar-refractivity contribution in [3.05, 3.63) is 42.0 Å². The van der Waals surface area contributed by atoms with Gasteiger partial charge in [-0.05, 0) is 68.2 Å². The third kappa shape index (κ3) is 3.46. The molecule has 5 nitrogen and oxygen atoms in total. The number of benzene rings is 1. The lowest BCUT2D eigenvalue weighted by Gasteiger charge is -2.42. The van der Waals surface area contributed by atoms with Crippen molar-refractivity contribution >= 4 is 23.4 Å². The van der Waals surface area contributed by atoms with Gasteiger partial charge in [0.2, 0.25) is 11.8 Å². The van der Waals surface area contributed by atoms with Gasteiger partial charge in [0.1, 0.15) is 0 Å². The highest BCUT2D eigenvalue weighted by molar-refractivity contribution is 6.22. The van der Waals surface area contributed by atoms with E-state index in [1.54, 1.807) is 12.1 Å². The molecule has 0 unspecified atom stereocenters. The zero-order valence-electron chi connectivity index (χ0n) is 19.3. The van der Waals surface area contributed by atoms with E-state index in [-0.39, 0.29) is 41.4 Å². The minimum Gasteiger partial charge on any atom is -0.333 e. The van der Waals surface area contributed by atoms with E-state index in [2.05, 4.69) is 17.1 Å². The summed E-state index contributed by atoms with van der Waals surface area (Å²) in [4.78, 5) is 43.6. The maximum absolute atomic E-state index is 13.7. The number of hydrogen-bond donors (Lipinski definition) is 0. The van der Waals surface area contributed by atoms with Crippen molar-refractivity contribution in [3.8, 4) is 0 Å². The molecule has 4 atom stereocenters. The van der Waals surface area contributed by atoms with Gasteiger partial charge in [-0.15, -0.1) is 0 Å². The third-order valence-corrected chi connectivity index (χ3v) is 9.01. The van der Waals surface area contributed by atoms with Gasteiger partial charge in [-0.2, -0.15) is 0 Å². The van der Waals surface area contributed by atoms with Gasteiger partial charge in [0.25, 0.3) is 5.91 Å². The van der Waals surface area contributed by atoms with Crippen LogP contribution in [-0.2, 0) is 9.59 Å². The molecule has 3 amide bonds. The summed E-state index contributed by atoms with van der Waals surface area (Å²) in [5, 5.41) is 0. The second-order valence-electron chi connectivity index (χ2n) is 10.9. The molecule has 1 aliphatic heterocycles. The van der Waals surface area contributed by atoms with Gasteiger partial charge in [0.15, 0.2) is 0 Å². The highest BCUT2D eigenvalue weighted by Crippen LogP contribution is 2.53. The molecule has 4 fully saturated rings. The quantitative estimate of drug-likeness (QED) is 0.477. The standard InChI is InChI=1S/C28H34N2O3/c31-26(29(21-7-3-1-4-8-21)22-9-5-2-6-10-22)18-13-15-23(16-14-18)30-27(32)24-19-11-12-20(17-19)25(24)28(30)33/h11-16,19-22,24-25H,1-10,17H2/t19-,20-,24-,25-/m0/s1. The molecule has 2 bridgehead atoms. The van der Waals surface area contributed by atoms with Gasteiger partial charge in [-0.1, -0.05) is 50.7 Å². The van der Waals surface area contributed by atoms with Gasteiger partial charge >= 0.3 is 0 Å². The molecule has 0 aromatic heterocycles. The van der Waals surface area contributed by atoms with Crippen molar-refractivity contribution in [3.63, 3.8) is 0 Å². The van der Waals surface area contributed by atoms with Crippen LogP contribution < -0.4 is 4.90 Å². The Kier molecular flexibility index (Phi) is 5.38. The predicted octanol–water partition coefficient (Wildman–Crippen LogP) is 5.11. The first-order chi connectivity index (χ1) is 16.1. The number of rotatable bonds is 4. The molecule has 5 heteroatoms. The summed E-state index contributed by atoms with van der Waals surface area (Å²) in [6.45, 7) is 0. The van der Waals surface area contributed by atoms with Gasteiger partial charge in [0, 0.05) is 17.6 Å². The van der Waals surface area contributed by atoms with E-state index in [9.17, 15) is 14.4 Å². The van der Waals surface area contributed by atoms with E-state index in [1.807, 2.05) is 12.1 Å². The van der Waals surface area contributed by atoms with Crippen LogP contribution in [0.3, 0.4) is 0 Å². The summed E-state index contributed by atoms with van der Waals surface area (Å²) < 4.78 is 0. The number of imide groups is 1. The third-order valence-electron chi connectivity index (χ3n) is 9.01. The Bertz CT molecular complexity index is 923. The van der Waals surface area contributed by atoms with Crippen molar-refractivity contribution < 1.29 is 14.4 Å². The normalized spacial score (nSPS) is 31.9. The summed E-state index contributed by atoms with van der Waals surface area (Å²) in [7, 11) is 0. The Labute approximate surface area is 196 Å². The van der Waals surface area contributed by atoms with Crippen LogP contribution in [0.2, 0.25) is 0 Å². The van der Waals surface area contributed by atoms with E-state index in [0.717, 1.165) is 32.1 Å². The molecule has 3 saturated carbocycles. The maximum atomic E-state index is 13.7. The monoisotopic (exact) mass is 446 g/mol. The number of fused-ring (bicyclic) bond motifs is 5. The molecule has 0 radical (unpaired) electrons. The van der Waals surface area contributed by atoms with Crippen LogP contribution in [0.5, 0.6) is 0 Å². The molecular formula is C28H34N2O3. The number of hydrogen-bond acceptors (Lipinski definition) is 3. The highest BCUT2D eigenvalue weighted by Gasteiger charge is 2.59. The molecule has 1 saturated heterocycles. The number of amides is 3. The summed E-state index contributed by atoms with van der Waals surface area (Å²) in [5.74, 6) is 0.0324. The average molecular weight is 447 g/mol. The predicted molar refractivity (Wildman–Crippen MR) is 127 cm³/mol. The van der Waals surface area contributed by atoms with Crippen LogP contribution in [-0.4, -0.2) is 34.7 Å². The Morgan fingerprint density at radius 2 is 1.21 bits per heavy atom. The summed E-state index contributed by atoms with van der Waals surface area (Å²) >= 11 is 0. The Hall–Kier alpha value is -2.43. The van der Waals surface area contributed by atoms with E-state index >= 15 is 0 Å². The molecule has 0 spiro atoms. The molecule has 174 valence electrons. The van der Waals surface area contributed by atoms with Crippen LogP contribution in [0.15, 0.2) is 36.4 Å². The zero-order valence-corrected chi connectivity index (χ0v) is 19.3. The molecule has 33 heavy (non-hydrogen) atoms. The van der Waals surface area contributed by atoms with Gasteiger partial charge in [-0.25, -0.2) is 0 Å². The minimum absolute atomic E-state index is 0.0630. The van der Waals surface area contributed by atoms with Crippen LogP contribution >= 0.6 is 0 Å². The Morgan fingerprint density at radius 1 is 0.727 bits per heavy atom. The topological polar surface area (TPSA) is 57.7 Å². The molecular weight excluding hydrogens is 412 g/mol. The minimum atomic E-state index is -0.193. The molecule has 1 aromatic rings. The number of carbonyl (C=O) groups excluding carboxylic acids is 3.